The summed E-state index contributed by atoms with van der Waals surface area (Å²) >= 11 is 1.03. The summed E-state index contributed by atoms with van der Waals surface area (Å²) in [6, 6.07) is 10.2. The van der Waals surface area contributed by atoms with E-state index in [2.05, 4.69) is 37.6 Å². The van der Waals surface area contributed by atoms with E-state index >= 15 is 0 Å². The second-order valence-electron chi connectivity index (χ2n) is 6.29. The monoisotopic (exact) mass is 541 g/mol. The number of thiazole rings is 1. The molecule has 1 heterocycles. The fraction of sp³-hybridized carbons (Fsp3) is 0.474. The summed E-state index contributed by atoms with van der Waals surface area (Å²) in [6.45, 7) is 5.42. The molecule has 0 atom stereocenters. The molecule has 0 saturated carbocycles. The minimum atomic E-state index is -4.38. The standard InChI is InChI=1S/C19H26F3N5S.HI/c1-3-23-18(24-10-9-17-26-16(14-28-17)19(20,21)22)25-11-12-27(2)13-15-7-5-4-6-8-15;/h4-8,14H,3,9-13H2,1-2H3,(H2,23,24,25);1H. The topological polar surface area (TPSA) is 52.6 Å². The van der Waals surface area contributed by atoms with Gasteiger partial charge in [-0.2, -0.15) is 13.2 Å². The number of halogens is 4. The maximum atomic E-state index is 12.6. The van der Waals surface area contributed by atoms with Gasteiger partial charge in [-0.1, -0.05) is 30.3 Å². The van der Waals surface area contributed by atoms with Crippen LogP contribution in [-0.4, -0.2) is 49.1 Å². The number of hydrogen-bond donors (Lipinski definition) is 2. The fourth-order valence-corrected chi connectivity index (χ4v) is 3.30. The van der Waals surface area contributed by atoms with Crippen LogP contribution in [0, 0.1) is 0 Å². The zero-order valence-corrected chi connectivity index (χ0v) is 19.6. The van der Waals surface area contributed by atoms with E-state index in [-0.39, 0.29) is 24.0 Å². The molecule has 10 heteroatoms. The molecule has 0 amide bonds. The first-order valence-corrected chi connectivity index (χ1v) is 10.0. The molecular weight excluding hydrogens is 514 g/mol. The zero-order valence-electron chi connectivity index (χ0n) is 16.5. The van der Waals surface area contributed by atoms with E-state index in [1.165, 1.54) is 5.56 Å². The van der Waals surface area contributed by atoms with Gasteiger partial charge in [-0.25, -0.2) is 4.98 Å². The molecule has 1 aromatic heterocycles. The number of alkyl halides is 3. The molecule has 0 fully saturated rings. The van der Waals surface area contributed by atoms with Crippen molar-refractivity contribution in [3.05, 3.63) is 52.0 Å². The molecule has 162 valence electrons. The molecule has 29 heavy (non-hydrogen) atoms. The number of likely N-dealkylation sites (N-methyl/N-ethyl adjacent to an activating group) is 1. The zero-order chi connectivity index (χ0) is 20.4. The van der Waals surface area contributed by atoms with E-state index < -0.39 is 11.9 Å². The van der Waals surface area contributed by atoms with Crippen molar-refractivity contribution < 1.29 is 13.2 Å². The average Bonchev–Trinajstić information content (AvgIpc) is 3.12. The molecule has 0 bridgehead atoms. The first kappa shape index (κ1) is 25.6. The summed E-state index contributed by atoms with van der Waals surface area (Å²) in [5.74, 6) is 0.656. The summed E-state index contributed by atoms with van der Waals surface area (Å²) in [4.78, 5) is 10.4. The smallest absolute Gasteiger partial charge is 0.357 e. The Hall–Kier alpha value is -1.40. The number of rotatable bonds is 9. The van der Waals surface area contributed by atoms with E-state index in [9.17, 15) is 13.2 Å². The molecule has 0 unspecified atom stereocenters. The van der Waals surface area contributed by atoms with Crippen molar-refractivity contribution in [1.29, 1.82) is 0 Å². The van der Waals surface area contributed by atoms with E-state index in [1.807, 2.05) is 32.2 Å². The van der Waals surface area contributed by atoms with Crippen molar-refractivity contribution in [2.24, 2.45) is 4.99 Å². The maximum absolute atomic E-state index is 12.6. The quantitative estimate of drug-likeness (QED) is 0.286. The highest BCUT2D eigenvalue weighted by molar-refractivity contribution is 14.0. The van der Waals surface area contributed by atoms with Crippen molar-refractivity contribution in [3.8, 4) is 0 Å². The van der Waals surface area contributed by atoms with Crippen LogP contribution in [0.4, 0.5) is 13.2 Å². The second-order valence-corrected chi connectivity index (χ2v) is 7.23. The van der Waals surface area contributed by atoms with Gasteiger partial charge in [0, 0.05) is 38.0 Å². The van der Waals surface area contributed by atoms with Crippen molar-refractivity contribution in [2.75, 3.05) is 33.2 Å². The van der Waals surface area contributed by atoms with Gasteiger partial charge in [-0.05, 0) is 19.5 Å². The van der Waals surface area contributed by atoms with Crippen LogP contribution in [0.5, 0.6) is 0 Å². The molecule has 0 saturated heterocycles. The molecule has 0 spiro atoms. The molecule has 2 rings (SSSR count). The third-order valence-electron chi connectivity index (χ3n) is 3.86. The third-order valence-corrected chi connectivity index (χ3v) is 4.77. The van der Waals surface area contributed by atoms with Gasteiger partial charge in [0.25, 0.3) is 0 Å². The van der Waals surface area contributed by atoms with Crippen LogP contribution in [0.25, 0.3) is 0 Å². The molecule has 5 nitrogen and oxygen atoms in total. The van der Waals surface area contributed by atoms with Crippen molar-refractivity contribution in [3.63, 3.8) is 0 Å². The highest BCUT2D eigenvalue weighted by atomic mass is 127. The molecule has 2 N–H and O–H groups in total. The second kappa shape index (κ2) is 13.0. The SMILES string of the molecule is CCNC(=NCCN(C)Cc1ccccc1)NCCc1nc(C(F)(F)F)cs1.I. The lowest BCUT2D eigenvalue weighted by molar-refractivity contribution is -0.140. The minimum Gasteiger partial charge on any atom is -0.357 e. The van der Waals surface area contributed by atoms with Crippen LogP contribution in [-0.2, 0) is 19.1 Å². The number of guanidine groups is 1. The number of hydrogen-bond acceptors (Lipinski definition) is 4. The Balaban J connectivity index is 0.00000420. The lowest BCUT2D eigenvalue weighted by Crippen LogP contribution is -2.38. The Morgan fingerprint density at radius 2 is 1.93 bits per heavy atom. The van der Waals surface area contributed by atoms with Crippen LogP contribution < -0.4 is 10.6 Å². The lowest BCUT2D eigenvalue weighted by atomic mass is 10.2. The van der Waals surface area contributed by atoms with Crippen molar-refractivity contribution in [1.82, 2.24) is 20.5 Å². The highest BCUT2D eigenvalue weighted by Crippen LogP contribution is 2.29. The predicted molar refractivity (Wildman–Crippen MR) is 123 cm³/mol. The van der Waals surface area contributed by atoms with E-state index in [1.54, 1.807) is 0 Å². The normalized spacial score (nSPS) is 12.0. The molecule has 1 aromatic carbocycles. The first-order valence-electron chi connectivity index (χ1n) is 9.14. The summed E-state index contributed by atoms with van der Waals surface area (Å²) in [5.41, 5.74) is 0.426. The largest absolute Gasteiger partial charge is 0.434 e. The van der Waals surface area contributed by atoms with Gasteiger partial charge in [0.15, 0.2) is 11.7 Å². The van der Waals surface area contributed by atoms with Crippen LogP contribution >= 0.6 is 35.3 Å². The molecule has 0 aliphatic heterocycles. The van der Waals surface area contributed by atoms with Gasteiger partial charge in [0.2, 0.25) is 0 Å². The van der Waals surface area contributed by atoms with Crippen LogP contribution in [0.1, 0.15) is 23.2 Å². The molecule has 0 aliphatic carbocycles. The summed E-state index contributed by atoms with van der Waals surface area (Å²) in [6.07, 6.45) is -3.97. The van der Waals surface area contributed by atoms with E-state index in [0.717, 1.165) is 29.8 Å². The number of nitrogens with one attached hydrogen (secondary N) is 2. The Morgan fingerprint density at radius 3 is 2.55 bits per heavy atom. The Morgan fingerprint density at radius 1 is 1.21 bits per heavy atom. The van der Waals surface area contributed by atoms with Gasteiger partial charge < -0.3 is 15.5 Å². The molecule has 0 aliphatic rings. The summed E-state index contributed by atoms with van der Waals surface area (Å²) < 4.78 is 37.8. The molecular formula is C19H27F3IN5S. The van der Waals surface area contributed by atoms with Crippen molar-refractivity contribution in [2.45, 2.75) is 26.1 Å². The first-order chi connectivity index (χ1) is 13.4. The highest BCUT2D eigenvalue weighted by Gasteiger charge is 2.33. The van der Waals surface area contributed by atoms with Gasteiger partial charge in [-0.3, -0.25) is 4.99 Å². The number of aromatic nitrogens is 1. The fourth-order valence-electron chi connectivity index (χ4n) is 2.49. The number of nitrogens with zero attached hydrogens (tertiary/aromatic N) is 3. The molecule has 2 aromatic rings. The number of benzene rings is 1. The Labute approximate surface area is 190 Å². The van der Waals surface area contributed by atoms with Crippen LogP contribution in [0.15, 0.2) is 40.7 Å². The van der Waals surface area contributed by atoms with Crippen molar-refractivity contribution >= 4 is 41.3 Å². The van der Waals surface area contributed by atoms with Gasteiger partial charge in [0.1, 0.15) is 0 Å². The van der Waals surface area contributed by atoms with Crippen LogP contribution in [0.2, 0.25) is 0 Å². The number of aliphatic imine (C=N–C) groups is 1. The summed E-state index contributed by atoms with van der Waals surface area (Å²) in [5, 5.41) is 7.80. The Kier molecular flexibility index (Phi) is 11.5. The van der Waals surface area contributed by atoms with E-state index in [4.69, 9.17) is 0 Å². The predicted octanol–water partition coefficient (Wildman–Crippen LogP) is 4.01. The maximum Gasteiger partial charge on any atom is 0.434 e. The van der Waals surface area contributed by atoms with Gasteiger partial charge in [-0.15, -0.1) is 35.3 Å². The average molecular weight is 541 g/mol. The minimum absolute atomic E-state index is 0. The Bertz CT molecular complexity index is 737. The van der Waals surface area contributed by atoms with Gasteiger partial charge >= 0.3 is 6.18 Å². The van der Waals surface area contributed by atoms with Gasteiger partial charge in [0.05, 0.1) is 11.6 Å². The third kappa shape index (κ3) is 9.77. The lowest BCUT2D eigenvalue weighted by Gasteiger charge is -2.16. The molecule has 0 radical (unpaired) electrons. The van der Waals surface area contributed by atoms with Crippen LogP contribution in [0.3, 0.4) is 0 Å². The summed E-state index contributed by atoms with van der Waals surface area (Å²) in [7, 11) is 2.05. The van der Waals surface area contributed by atoms with E-state index in [0.29, 0.717) is 37.0 Å².